The van der Waals surface area contributed by atoms with Crippen LogP contribution in [0.25, 0.3) is 10.9 Å². The lowest BCUT2D eigenvalue weighted by Crippen LogP contribution is -2.56. The molecule has 3 heterocycles. The number of hydrogen-bond donors (Lipinski definition) is 3. The molecule has 2 aromatic heterocycles. The zero-order chi connectivity index (χ0) is 21.8. The average Bonchev–Trinajstić information content (AvgIpc) is 3.21. The van der Waals surface area contributed by atoms with Gasteiger partial charge in [-0.3, -0.25) is 9.78 Å². The van der Waals surface area contributed by atoms with E-state index in [9.17, 15) is 14.9 Å². The highest BCUT2D eigenvalue weighted by atomic mass is 16.2. The molecule has 9 heteroatoms. The number of nitrogens with zero attached hydrogens (tertiary/aromatic N) is 4. The maximum Gasteiger partial charge on any atom is 0.312 e. The Morgan fingerprint density at radius 3 is 2.74 bits per heavy atom. The summed E-state index contributed by atoms with van der Waals surface area (Å²) in [6, 6.07) is 10.2. The Hall–Kier alpha value is -4.06. The van der Waals surface area contributed by atoms with Gasteiger partial charge in [-0.1, -0.05) is 18.2 Å². The standard InChI is InChI=1S/C22H23N7O2/c23-12-15-5-6-25-14-20(15)28-7-9-29(10-8-28)21(30)19(27-22(24)31)11-16-13-26-18-4-2-1-3-17(16)18/h1-6,13-14,19,26H,7-11H2,(H3,24,27,31). The summed E-state index contributed by atoms with van der Waals surface area (Å²) in [5, 5.41) is 12.9. The van der Waals surface area contributed by atoms with Crippen molar-refractivity contribution in [2.24, 2.45) is 5.73 Å². The van der Waals surface area contributed by atoms with Crippen molar-refractivity contribution in [2.45, 2.75) is 12.5 Å². The van der Waals surface area contributed by atoms with E-state index in [1.165, 1.54) is 0 Å². The van der Waals surface area contributed by atoms with Gasteiger partial charge in [0, 0.05) is 55.9 Å². The number of fused-ring (bicyclic) bond motifs is 1. The number of carbonyl (C=O) groups is 2. The minimum atomic E-state index is -0.753. The highest BCUT2D eigenvalue weighted by Crippen LogP contribution is 2.22. The van der Waals surface area contributed by atoms with E-state index in [0.29, 0.717) is 38.2 Å². The molecule has 1 unspecified atom stereocenters. The van der Waals surface area contributed by atoms with Gasteiger partial charge in [-0.25, -0.2) is 4.79 Å². The predicted octanol–water partition coefficient (Wildman–Crippen LogP) is 1.36. The van der Waals surface area contributed by atoms with Crippen LogP contribution in [0.2, 0.25) is 0 Å². The van der Waals surface area contributed by atoms with Crippen LogP contribution in [0.3, 0.4) is 0 Å². The minimum Gasteiger partial charge on any atom is -0.366 e. The second kappa shape index (κ2) is 8.75. The third-order valence-electron chi connectivity index (χ3n) is 5.57. The van der Waals surface area contributed by atoms with Crippen molar-refractivity contribution in [1.29, 1.82) is 5.26 Å². The normalized spacial score (nSPS) is 14.8. The number of pyridine rings is 1. The molecule has 0 bridgehead atoms. The minimum absolute atomic E-state index is 0.171. The molecule has 9 nitrogen and oxygen atoms in total. The third-order valence-corrected chi connectivity index (χ3v) is 5.57. The van der Waals surface area contributed by atoms with Gasteiger partial charge in [-0.2, -0.15) is 5.26 Å². The molecule has 3 amide bonds. The number of aromatic amines is 1. The van der Waals surface area contributed by atoms with Gasteiger partial charge >= 0.3 is 6.03 Å². The fourth-order valence-corrected chi connectivity index (χ4v) is 4.01. The SMILES string of the molecule is N#Cc1ccncc1N1CCN(C(=O)C(Cc2c[nH]c3ccccc23)NC(N)=O)CC1. The smallest absolute Gasteiger partial charge is 0.312 e. The molecule has 0 radical (unpaired) electrons. The second-order valence-corrected chi connectivity index (χ2v) is 7.44. The van der Waals surface area contributed by atoms with Crippen molar-refractivity contribution in [3.05, 3.63) is 60.0 Å². The number of benzene rings is 1. The van der Waals surface area contributed by atoms with Crippen molar-refractivity contribution >= 4 is 28.5 Å². The number of H-pyrrole nitrogens is 1. The number of para-hydroxylation sites is 1. The lowest BCUT2D eigenvalue weighted by molar-refractivity contribution is -0.133. The summed E-state index contributed by atoms with van der Waals surface area (Å²) in [6.45, 7) is 2.10. The Bertz CT molecular complexity index is 1140. The highest BCUT2D eigenvalue weighted by molar-refractivity contribution is 5.89. The monoisotopic (exact) mass is 417 g/mol. The van der Waals surface area contributed by atoms with Crippen LogP contribution in [-0.4, -0.2) is 59.0 Å². The number of hydrogen-bond acceptors (Lipinski definition) is 5. The molecule has 1 atom stereocenters. The molecule has 3 aromatic rings. The molecular formula is C22H23N7O2. The number of nitrogens with two attached hydrogens (primary N) is 1. The van der Waals surface area contributed by atoms with Crippen molar-refractivity contribution in [1.82, 2.24) is 20.2 Å². The number of aromatic nitrogens is 2. The van der Waals surface area contributed by atoms with Gasteiger partial charge in [0.2, 0.25) is 5.91 Å². The number of urea groups is 1. The van der Waals surface area contributed by atoms with Gasteiger partial charge in [-0.15, -0.1) is 0 Å². The van der Waals surface area contributed by atoms with E-state index in [0.717, 1.165) is 22.2 Å². The topological polar surface area (TPSA) is 131 Å². The average molecular weight is 417 g/mol. The summed E-state index contributed by atoms with van der Waals surface area (Å²) in [6.07, 6.45) is 5.46. The Kier molecular flexibility index (Phi) is 5.71. The van der Waals surface area contributed by atoms with Crippen LogP contribution in [-0.2, 0) is 11.2 Å². The maximum atomic E-state index is 13.2. The first-order chi connectivity index (χ1) is 15.1. The van der Waals surface area contributed by atoms with E-state index in [4.69, 9.17) is 5.73 Å². The van der Waals surface area contributed by atoms with Gasteiger partial charge in [-0.05, 0) is 17.7 Å². The van der Waals surface area contributed by atoms with Gasteiger partial charge in [0.15, 0.2) is 0 Å². The molecule has 1 fully saturated rings. The number of amides is 3. The number of piperazine rings is 1. The molecule has 0 aliphatic carbocycles. The Labute approximate surface area is 179 Å². The van der Waals surface area contributed by atoms with E-state index in [1.807, 2.05) is 35.4 Å². The molecule has 1 aliphatic rings. The largest absolute Gasteiger partial charge is 0.366 e. The van der Waals surface area contributed by atoms with Crippen molar-refractivity contribution in [3.63, 3.8) is 0 Å². The van der Waals surface area contributed by atoms with E-state index < -0.39 is 12.1 Å². The van der Waals surface area contributed by atoms with Crippen LogP contribution in [0.4, 0.5) is 10.5 Å². The summed E-state index contributed by atoms with van der Waals surface area (Å²) in [5.41, 5.74) is 8.60. The highest BCUT2D eigenvalue weighted by Gasteiger charge is 2.29. The number of rotatable bonds is 5. The first kappa shape index (κ1) is 20.2. The first-order valence-corrected chi connectivity index (χ1v) is 10.1. The van der Waals surface area contributed by atoms with Crippen LogP contribution >= 0.6 is 0 Å². The van der Waals surface area contributed by atoms with E-state index in [2.05, 4.69) is 21.4 Å². The summed E-state index contributed by atoms with van der Waals surface area (Å²) in [5.74, 6) is -0.171. The number of nitrogens with one attached hydrogen (secondary N) is 2. The number of nitriles is 1. The Morgan fingerprint density at radius 2 is 2.00 bits per heavy atom. The van der Waals surface area contributed by atoms with Crippen molar-refractivity contribution in [2.75, 3.05) is 31.1 Å². The van der Waals surface area contributed by atoms with E-state index >= 15 is 0 Å². The zero-order valence-electron chi connectivity index (χ0n) is 16.9. The quantitative estimate of drug-likeness (QED) is 0.577. The van der Waals surface area contributed by atoms with Gasteiger partial charge in [0.1, 0.15) is 12.1 Å². The first-order valence-electron chi connectivity index (χ1n) is 10.1. The molecule has 1 saturated heterocycles. The molecule has 1 aliphatic heterocycles. The lowest BCUT2D eigenvalue weighted by Gasteiger charge is -2.37. The van der Waals surface area contributed by atoms with E-state index in [1.54, 1.807) is 23.4 Å². The molecule has 158 valence electrons. The molecule has 31 heavy (non-hydrogen) atoms. The summed E-state index contributed by atoms with van der Waals surface area (Å²) >= 11 is 0. The van der Waals surface area contributed by atoms with Crippen molar-refractivity contribution in [3.8, 4) is 6.07 Å². The fourth-order valence-electron chi connectivity index (χ4n) is 4.01. The molecule has 0 saturated carbocycles. The van der Waals surface area contributed by atoms with Crippen LogP contribution in [0.5, 0.6) is 0 Å². The van der Waals surface area contributed by atoms with Crippen LogP contribution in [0.1, 0.15) is 11.1 Å². The van der Waals surface area contributed by atoms with Crippen LogP contribution in [0.15, 0.2) is 48.9 Å². The van der Waals surface area contributed by atoms with Gasteiger partial charge < -0.3 is 25.8 Å². The van der Waals surface area contributed by atoms with E-state index in [-0.39, 0.29) is 5.91 Å². The lowest BCUT2D eigenvalue weighted by atomic mass is 10.0. The molecule has 1 aromatic carbocycles. The van der Waals surface area contributed by atoms with Gasteiger partial charge in [0.05, 0.1) is 17.4 Å². The Balaban J connectivity index is 1.47. The van der Waals surface area contributed by atoms with Crippen molar-refractivity contribution < 1.29 is 9.59 Å². The molecule has 4 N–H and O–H groups in total. The number of anilines is 1. The number of primary amides is 1. The van der Waals surface area contributed by atoms with Crippen LogP contribution in [0, 0.1) is 11.3 Å². The molecule has 4 rings (SSSR count). The fraction of sp³-hybridized carbons (Fsp3) is 0.273. The summed E-state index contributed by atoms with van der Waals surface area (Å²) in [7, 11) is 0. The predicted molar refractivity (Wildman–Crippen MR) is 116 cm³/mol. The number of carbonyl (C=O) groups excluding carboxylic acids is 2. The molecule has 0 spiro atoms. The summed E-state index contributed by atoms with van der Waals surface area (Å²) in [4.78, 5) is 35.9. The van der Waals surface area contributed by atoms with Gasteiger partial charge in [0.25, 0.3) is 0 Å². The Morgan fingerprint density at radius 1 is 1.23 bits per heavy atom. The molecular weight excluding hydrogens is 394 g/mol. The zero-order valence-corrected chi connectivity index (χ0v) is 16.9. The summed E-state index contributed by atoms with van der Waals surface area (Å²) < 4.78 is 0. The third kappa shape index (κ3) is 4.28. The second-order valence-electron chi connectivity index (χ2n) is 7.44. The van der Waals surface area contributed by atoms with Crippen LogP contribution < -0.4 is 16.0 Å². The maximum absolute atomic E-state index is 13.2.